The average Bonchev–Trinajstić information content (AvgIpc) is 3.85. The van der Waals surface area contributed by atoms with Crippen LogP contribution in [0.15, 0.2) is 203 Å². The fourth-order valence-electron chi connectivity index (χ4n) is 7.80. The van der Waals surface area contributed by atoms with Gasteiger partial charge in [-0.05, 0) is 77.9 Å². The molecule has 8 aromatic carbocycles. The van der Waals surface area contributed by atoms with Gasteiger partial charge in [0.1, 0.15) is 22.3 Å². The zero-order valence-corrected chi connectivity index (χ0v) is 30.6. The summed E-state index contributed by atoms with van der Waals surface area (Å²) in [4.78, 5) is 17.5. The molecule has 3 heterocycles. The van der Waals surface area contributed by atoms with E-state index in [-0.39, 0.29) is 0 Å². The lowest BCUT2D eigenvalue weighted by atomic mass is 10.0. The van der Waals surface area contributed by atoms with Crippen LogP contribution < -0.4 is 4.90 Å². The number of nitrogens with zero attached hydrogens (tertiary/aromatic N) is 4. The highest BCUT2D eigenvalue weighted by Gasteiger charge is 2.20. The van der Waals surface area contributed by atoms with Gasteiger partial charge in [0, 0.05) is 55.3 Å². The van der Waals surface area contributed by atoms with E-state index in [0.717, 1.165) is 77.6 Å². The van der Waals surface area contributed by atoms with Gasteiger partial charge in [-0.25, -0.2) is 15.0 Å². The highest BCUT2D eigenvalue weighted by Crippen LogP contribution is 2.41. The normalized spacial score (nSPS) is 11.5. The summed E-state index contributed by atoms with van der Waals surface area (Å²) in [5.41, 5.74) is 11.3. The summed E-state index contributed by atoms with van der Waals surface area (Å²) in [5.74, 6) is 1.72. The minimum atomic E-state index is 0.556. The molecule has 6 heteroatoms. The van der Waals surface area contributed by atoms with Gasteiger partial charge in [-0.2, -0.15) is 0 Å². The lowest BCUT2D eigenvalue weighted by Gasteiger charge is -2.25. The van der Waals surface area contributed by atoms with E-state index in [0.29, 0.717) is 17.5 Å². The van der Waals surface area contributed by atoms with E-state index in [4.69, 9.17) is 23.8 Å². The molecule has 0 amide bonds. The second-order valence-electron chi connectivity index (χ2n) is 14.0. The Kier molecular flexibility index (Phi) is 7.71. The summed E-state index contributed by atoms with van der Waals surface area (Å²) in [5, 5.41) is 4.03. The van der Waals surface area contributed by atoms with Crippen molar-refractivity contribution in [2.24, 2.45) is 0 Å². The van der Waals surface area contributed by atoms with Crippen LogP contribution in [0.5, 0.6) is 0 Å². The maximum atomic E-state index is 6.55. The van der Waals surface area contributed by atoms with E-state index in [1.807, 2.05) is 78.9 Å². The zero-order valence-electron chi connectivity index (χ0n) is 30.6. The third kappa shape index (κ3) is 5.79. The lowest BCUT2D eigenvalue weighted by molar-refractivity contribution is 0.668. The largest absolute Gasteiger partial charge is 0.456 e. The van der Waals surface area contributed by atoms with Crippen LogP contribution in [0, 0.1) is 0 Å². The smallest absolute Gasteiger partial charge is 0.164 e. The molecule has 268 valence electrons. The summed E-state index contributed by atoms with van der Waals surface area (Å²) < 4.78 is 12.8. The molecular formula is C51H32N4O2. The number of rotatable bonds is 7. The van der Waals surface area contributed by atoms with Crippen LogP contribution in [-0.2, 0) is 0 Å². The summed E-state index contributed by atoms with van der Waals surface area (Å²) in [7, 11) is 0. The first-order valence-corrected chi connectivity index (χ1v) is 18.9. The topological polar surface area (TPSA) is 68.2 Å². The second-order valence-corrected chi connectivity index (χ2v) is 14.0. The van der Waals surface area contributed by atoms with E-state index >= 15 is 0 Å². The van der Waals surface area contributed by atoms with Gasteiger partial charge in [0.05, 0.1) is 0 Å². The van der Waals surface area contributed by atoms with Crippen LogP contribution in [0.1, 0.15) is 0 Å². The third-order valence-corrected chi connectivity index (χ3v) is 10.5. The number of aromatic nitrogens is 3. The molecule has 0 saturated carbocycles. The van der Waals surface area contributed by atoms with Gasteiger partial charge in [0.25, 0.3) is 0 Å². The van der Waals surface area contributed by atoms with Gasteiger partial charge in [0.2, 0.25) is 0 Å². The zero-order chi connectivity index (χ0) is 37.7. The molecule has 0 aliphatic carbocycles. The average molecular weight is 733 g/mol. The number of para-hydroxylation sites is 2. The predicted octanol–water partition coefficient (Wildman–Crippen LogP) is 13.8. The number of anilines is 3. The minimum absolute atomic E-state index is 0.556. The molecule has 0 unspecified atom stereocenters. The van der Waals surface area contributed by atoms with Crippen molar-refractivity contribution < 1.29 is 8.83 Å². The molecule has 0 atom stereocenters. The first-order chi connectivity index (χ1) is 28.2. The van der Waals surface area contributed by atoms with Crippen LogP contribution >= 0.6 is 0 Å². The van der Waals surface area contributed by atoms with E-state index < -0.39 is 0 Å². The Morgan fingerprint density at radius 2 is 0.877 bits per heavy atom. The van der Waals surface area contributed by atoms with E-state index in [1.54, 1.807) is 0 Å². The van der Waals surface area contributed by atoms with Crippen molar-refractivity contribution in [1.82, 2.24) is 15.0 Å². The van der Waals surface area contributed by atoms with E-state index in [9.17, 15) is 0 Å². The molecule has 0 bridgehead atoms. The van der Waals surface area contributed by atoms with Crippen LogP contribution in [0.4, 0.5) is 17.1 Å². The fourth-order valence-corrected chi connectivity index (χ4v) is 7.80. The van der Waals surface area contributed by atoms with Crippen molar-refractivity contribution in [3.05, 3.63) is 194 Å². The highest BCUT2D eigenvalue weighted by molar-refractivity contribution is 6.12. The molecule has 0 radical (unpaired) electrons. The maximum absolute atomic E-state index is 6.55. The molecule has 0 N–H and O–H groups in total. The molecule has 11 rings (SSSR count). The molecule has 3 aromatic heterocycles. The number of furan rings is 2. The first kappa shape index (κ1) is 32.6. The van der Waals surface area contributed by atoms with Crippen molar-refractivity contribution in [3.8, 4) is 45.3 Å². The summed E-state index contributed by atoms with van der Waals surface area (Å²) in [6.07, 6.45) is 0. The van der Waals surface area contributed by atoms with Crippen LogP contribution in [0.2, 0.25) is 0 Å². The van der Waals surface area contributed by atoms with Crippen molar-refractivity contribution in [1.29, 1.82) is 0 Å². The third-order valence-electron chi connectivity index (χ3n) is 10.5. The minimum Gasteiger partial charge on any atom is -0.456 e. The van der Waals surface area contributed by atoms with Crippen molar-refractivity contribution in [3.63, 3.8) is 0 Å². The van der Waals surface area contributed by atoms with Gasteiger partial charge < -0.3 is 13.7 Å². The lowest BCUT2D eigenvalue weighted by Crippen LogP contribution is -2.09. The Bertz CT molecular complexity index is 3230. The molecule has 0 aliphatic rings. The summed E-state index contributed by atoms with van der Waals surface area (Å²) in [6.45, 7) is 0. The van der Waals surface area contributed by atoms with Gasteiger partial charge in [0.15, 0.2) is 17.5 Å². The Morgan fingerprint density at radius 1 is 0.316 bits per heavy atom. The van der Waals surface area contributed by atoms with Crippen LogP contribution in [-0.4, -0.2) is 15.0 Å². The van der Waals surface area contributed by atoms with Gasteiger partial charge in [-0.15, -0.1) is 0 Å². The molecular weight excluding hydrogens is 701 g/mol. The number of fused-ring (bicyclic) bond motifs is 6. The van der Waals surface area contributed by atoms with E-state index in [2.05, 4.69) is 120 Å². The van der Waals surface area contributed by atoms with Gasteiger partial charge >= 0.3 is 0 Å². The molecule has 11 aromatic rings. The Morgan fingerprint density at radius 3 is 1.67 bits per heavy atom. The second kappa shape index (κ2) is 13.5. The number of benzene rings is 8. The van der Waals surface area contributed by atoms with Crippen molar-refractivity contribution >= 4 is 60.9 Å². The molecule has 0 spiro atoms. The predicted molar refractivity (Wildman–Crippen MR) is 231 cm³/mol. The van der Waals surface area contributed by atoms with Crippen molar-refractivity contribution in [2.45, 2.75) is 0 Å². The van der Waals surface area contributed by atoms with Gasteiger partial charge in [-0.1, -0.05) is 127 Å². The Labute approximate surface area is 328 Å². The number of hydrogen-bond acceptors (Lipinski definition) is 6. The van der Waals surface area contributed by atoms with Crippen LogP contribution in [0.25, 0.3) is 89.2 Å². The van der Waals surface area contributed by atoms with Crippen molar-refractivity contribution in [2.75, 3.05) is 4.90 Å². The molecule has 0 aliphatic heterocycles. The summed E-state index contributed by atoms with van der Waals surface area (Å²) >= 11 is 0. The Balaban J connectivity index is 1.02. The van der Waals surface area contributed by atoms with E-state index in [1.165, 1.54) is 11.1 Å². The molecule has 6 nitrogen and oxygen atoms in total. The molecule has 57 heavy (non-hydrogen) atoms. The molecule has 0 fully saturated rings. The Hall–Kier alpha value is -7.83. The summed E-state index contributed by atoms with van der Waals surface area (Å²) in [6, 6.07) is 66.4. The standard InChI is InChI=1S/C51H32N4O2/c1-4-13-33(14-5-1)34-23-26-38(27-24-34)55(37-17-8-3-9-18-37)39-28-30-45-43(32-39)40-29-25-36(31-47(40)57-45)50-52-49(35-15-6-2-7-16-35)53-51(54-50)42-20-12-22-46-48(42)41-19-10-11-21-44(41)56-46/h1-32H. The SMILES string of the molecule is c1ccc(-c2ccc(N(c3ccccc3)c3ccc4oc5cc(-c6nc(-c7ccccc7)nc(-c7cccc8oc9ccccc9c78)n6)ccc5c4c3)cc2)cc1. The first-order valence-electron chi connectivity index (χ1n) is 18.9. The molecule has 0 saturated heterocycles. The fraction of sp³-hybridized carbons (Fsp3) is 0. The maximum Gasteiger partial charge on any atom is 0.164 e. The highest BCUT2D eigenvalue weighted by atomic mass is 16.3. The van der Waals surface area contributed by atoms with Gasteiger partial charge in [-0.3, -0.25) is 0 Å². The quantitative estimate of drug-likeness (QED) is 0.162. The number of hydrogen-bond donors (Lipinski definition) is 0. The van der Waals surface area contributed by atoms with Crippen LogP contribution in [0.3, 0.4) is 0 Å². The monoisotopic (exact) mass is 732 g/mol.